The lowest BCUT2D eigenvalue weighted by Crippen LogP contribution is -2.01. The maximum absolute atomic E-state index is 2.51. The summed E-state index contributed by atoms with van der Waals surface area (Å²) in [4.78, 5) is 0. The summed E-state index contributed by atoms with van der Waals surface area (Å²) in [6.07, 6.45) is 9.49. The Labute approximate surface area is 98.1 Å². The first-order valence-corrected chi connectivity index (χ1v) is 7.34. The van der Waals surface area contributed by atoms with E-state index < -0.39 is 0 Å². The number of rotatable bonds is 1. The molecule has 1 aromatic carbocycles. The molecule has 0 spiro atoms. The van der Waals surface area contributed by atoms with Crippen LogP contribution in [0.4, 0.5) is 0 Å². The minimum absolute atomic E-state index is 0.156. The van der Waals surface area contributed by atoms with Crippen LogP contribution in [0.1, 0.15) is 18.9 Å². The van der Waals surface area contributed by atoms with Crippen molar-refractivity contribution in [2.45, 2.75) is 19.8 Å². The third-order valence-corrected chi connectivity index (χ3v) is 5.63. The Morgan fingerprint density at radius 1 is 1.25 bits per heavy atom. The van der Waals surface area contributed by atoms with Crippen LogP contribution in [0.25, 0.3) is 0 Å². The van der Waals surface area contributed by atoms with Crippen LogP contribution < -0.4 is 5.30 Å². The summed E-state index contributed by atoms with van der Waals surface area (Å²) in [6, 6.07) is 8.90. The monoisotopic (exact) mass is 227 g/mol. The molecule has 2 aliphatic rings. The second-order valence-corrected chi connectivity index (χ2v) is 6.70. The van der Waals surface area contributed by atoms with E-state index >= 15 is 0 Å². The van der Waals surface area contributed by atoms with Crippen molar-refractivity contribution in [2.75, 3.05) is 0 Å². The highest BCUT2D eigenvalue weighted by Gasteiger charge is 2.28. The van der Waals surface area contributed by atoms with E-state index in [1.165, 1.54) is 12.0 Å². The highest BCUT2D eigenvalue weighted by Crippen LogP contribution is 2.40. The third kappa shape index (κ3) is 1.68. The predicted molar refractivity (Wildman–Crippen MR) is 73.8 cm³/mol. The molecule has 0 nitrogen and oxygen atoms in total. The highest BCUT2D eigenvalue weighted by atomic mass is 31.1. The first-order chi connectivity index (χ1) is 7.84. The van der Waals surface area contributed by atoms with Crippen LogP contribution in [-0.4, -0.2) is 5.80 Å². The maximum atomic E-state index is 2.51. The standard InChI is InChI=1S/C15H16P/c1-12-5-4-7-14(11-12)16-10-9-13-6-2-3-8-15(13)16/h2-4,6-8,10-12H,5,9H2,1H3/q+1. The van der Waals surface area contributed by atoms with E-state index in [9.17, 15) is 0 Å². The van der Waals surface area contributed by atoms with Crippen molar-refractivity contribution >= 4 is 18.6 Å². The van der Waals surface area contributed by atoms with Crippen molar-refractivity contribution in [3.05, 3.63) is 53.4 Å². The van der Waals surface area contributed by atoms with E-state index in [4.69, 9.17) is 0 Å². The van der Waals surface area contributed by atoms with Gasteiger partial charge in [-0.05, 0) is 30.6 Å². The molecule has 80 valence electrons. The fraction of sp³-hybridized carbons (Fsp3) is 0.267. The van der Waals surface area contributed by atoms with Gasteiger partial charge in [0.05, 0.1) is 0 Å². The van der Waals surface area contributed by atoms with Gasteiger partial charge in [0.15, 0.2) is 12.8 Å². The molecule has 1 aliphatic heterocycles. The minimum atomic E-state index is -0.156. The lowest BCUT2D eigenvalue weighted by Gasteiger charge is -2.07. The van der Waals surface area contributed by atoms with Crippen molar-refractivity contribution in [1.82, 2.24) is 0 Å². The summed E-state index contributed by atoms with van der Waals surface area (Å²) in [6.45, 7) is 2.31. The lowest BCUT2D eigenvalue weighted by atomic mass is 10.0. The summed E-state index contributed by atoms with van der Waals surface area (Å²) < 4.78 is 0. The topological polar surface area (TPSA) is 0 Å². The van der Waals surface area contributed by atoms with E-state index in [-0.39, 0.29) is 7.55 Å². The molecule has 2 unspecified atom stereocenters. The maximum Gasteiger partial charge on any atom is 0.165 e. The number of allylic oxidation sites excluding steroid dienone is 4. The number of fused-ring (bicyclic) bond motifs is 1. The highest BCUT2D eigenvalue weighted by molar-refractivity contribution is 7.69. The third-order valence-electron chi connectivity index (χ3n) is 3.27. The average Bonchev–Trinajstić information content (AvgIpc) is 2.72. The van der Waals surface area contributed by atoms with Crippen molar-refractivity contribution in [3.63, 3.8) is 0 Å². The lowest BCUT2D eigenvalue weighted by molar-refractivity contribution is 0.735. The normalized spacial score (nSPS) is 24.9. The fourth-order valence-corrected chi connectivity index (χ4v) is 4.90. The van der Waals surface area contributed by atoms with E-state index in [1.807, 2.05) is 0 Å². The Bertz CT molecular complexity index is 506. The second kappa shape index (κ2) is 4.03. The molecular weight excluding hydrogens is 211 g/mol. The molecule has 1 aliphatic carbocycles. The minimum Gasteiger partial charge on any atom is -0.0796 e. The van der Waals surface area contributed by atoms with Gasteiger partial charge in [0.1, 0.15) is 11.1 Å². The van der Waals surface area contributed by atoms with Crippen molar-refractivity contribution < 1.29 is 0 Å². The quantitative estimate of drug-likeness (QED) is 0.643. The van der Waals surface area contributed by atoms with Gasteiger partial charge in [-0.3, -0.25) is 0 Å². The van der Waals surface area contributed by atoms with Gasteiger partial charge in [-0.2, -0.15) is 0 Å². The Kier molecular flexibility index (Phi) is 2.53. The molecule has 0 radical (unpaired) electrons. The summed E-state index contributed by atoms with van der Waals surface area (Å²) >= 11 is 0. The second-order valence-electron chi connectivity index (χ2n) is 4.59. The number of hydrogen-bond donors (Lipinski definition) is 0. The van der Waals surface area contributed by atoms with Crippen LogP contribution >= 0.6 is 7.55 Å². The van der Waals surface area contributed by atoms with Gasteiger partial charge in [-0.15, -0.1) is 0 Å². The van der Waals surface area contributed by atoms with Crippen LogP contribution in [0.3, 0.4) is 0 Å². The summed E-state index contributed by atoms with van der Waals surface area (Å²) in [5, 5.41) is 3.13. The number of benzene rings is 1. The Hall–Kier alpha value is -1.13. The van der Waals surface area contributed by atoms with Crippen LogP contribution in [0, 0.1) is 5.92 Å². The zero-order valence-corrected chi connectivity index (χ0v) is 10.5. The molecule has 1 heteroatoms. The smallest absolute Gasteiger partial charge is 0.0796 e. The van der Waals surface area contributed by atoms with Gasteiger partial charge < -0.3 is 0 Å². The van der Waals surface area contributed by atoms with Gasteiger partial charge in [0.2, 0.25) is 0 Å². The van der Waals surface area contributed by atoms with Crippen molar-refractivity contribution in [2.24, 2.45) is 5.92 Å². The van der Waals surface area contributed by atoms with Crippen LogP contribution in [-0.2, 0) is 6.42 Å². The molecule has 0 aromatic heterocycles. The largest absolute Gasteiger partial charge is 0.165 e. The van der Waals surface area contributed by atoms with Crippen molar-refractivity contribution in [1.29, 1.82) is 0 Å². The molecule has 2 atom stereocenters. The van der Waals surface area contributed by atoms with Gasteiger partial charge in [0, 0.05) is 12.0 Å². The zero-order chi connectivity index (χ0) is 11.0. The molecule has 1 heterocycles. The fourth-order valence-electron chi connectivity index (χ4n) is 2.43. The first kappa shape index (κ1) is 10.1. The predicted octanol–water partition coefficient (Wildman–Crippen LogP) is 3.63. The van der Waals surface area contributed by atoms with Gasteiger partial charge >= 0.3 is 0 Å². The van der Waals surface area contributed by atoms with Gasteiger partial charge in [0.25, 0.3) is 0 Å². The van der Waals surface area contributed by atoms with E-state index in [0.717, 1.165) is 6.42 Å². The molecule has 0 amide bonds. The SMILES string of the molecule is CC1C=C([P+]2=CCc3ccccc32)C=CC1. The molecule has 0 saturated carbocycles. The summed E-state index contributed by atoms with van der Waals surface area (Å²) in [7, 11) is -0.156. The number of hydrogen-bond acceptors (Lipinski definition) is 0. The zero-order valence-electron chi connectivity index (χ0n) is 9.56. The van der Waals surface area contributed by atoms with E-state index in [0.29, 0.717) is 5.92 Å². The molecule has 16 heavy (non-hydrogen) atoms. The summed E-state index contributed by atoms with van der Waals surface area (Å²) in [5.74, 6) is 3.22. The Morgan fingerprint density at radius 3 is 3.00 bits per heavy atom. The van der Waals surface area contributed by atoms with Crippen molar-refractivity contribution in [3.8, 4) is 0 Å². The first-order valence-electron chi connectivity index (χ1n) is 5.93. The molecule has 0 bridgehead atoms. The van der Waals surface area contributed by atoms with E-state index in [2.05, 4.69) is 55.2 Å². The molecule has 1 aromatic rings. The molecule has 0 saturated heterocycles. The average molecular weight is 227 g/mol. The van der Waals surface area contributed by atoms with Crippen LogP contribution in [0.5, 0.6) is 0 Å². The Morgan fingerprint density at radius 2 is 2.12 bits per heavy atom. The van der Waals surface area contributed by atoms with Gasteiger partial charge in [-0.25, -0.2) is 0 Å². The molecule has 3 rings (SSSR count). The molecule has 0 N–H and O–H groups in total. The van der Waals surface area contributed by atoms with E-state index in [1.54, 1.807) is 10.6 Å². The van der Waals surface area contributed by atoms with Crippen LogP contribution in [0.15, 0.2) is 47.8 Å². The summed E-state index contributed by atoms with van der Waals surface area (Å²) in [5.41, 5.74) is 1.53. The van der Waals surface area contributed by atoms with Gasteiger partial charge in [-0.1, -0.05) is 31.2 Å². The molecular formula is C15H16P+. The van der Waals surface area contributed by atoms with Crippen LogP contribution in [0.2, 0.25) is 0 Å². The molecule has 0 fully saturated rings. The Balaban J connectivity index is 2.02.